The summed E-state index contributed by atoms with van der Waals surface area (Å²) < 4.78 is 0. The second-order valence-electron chi connectivity index (χ2n) is 15.9. The number of rotatable bonds is 42. The number of carbonyl (C=O) groups excluding carboxylic acids is 1. The van der Waals surface area contributed by atoms with Crippen LogP contribution in [0.25, 0.3) is 0 Å². The zero-order valence-electron chi connectivity index (χ0n) is 35.1. The molecule has 0 heterocycles. The first-order valence-electron chi connectivity index (χ1n) is 23.2. The van der Waals surface area contributed by atoms with Gasteiger partial charge < -0.3 is 15.5 Å². The maximum atomic E-state index is 12.4. The molecule has 0 aliphatic rings. The van der Waals surface area contributed by atoms with Crippen LogP contribution in [0.1, 0.15) is 245 Å². The summed E-state index contributed by atoms with van der Waals surface area (Å²) in [4.78, 5) is 12.4. The van der Waals surface area contributed by atoms with E-state index >= 15 is 0 Å². The third-order valence-electron chi connectivity index (χ3n) is 10.6. The van der Waals surface area contributed by atoms with Crippen molar-refractivity contribution in [2.45, 2.75) is 257 Å². The first-order chi connectivity index (χ1) is 25.7. The smallest absolute Gasteiger partial charge is 0.220 e. The van der Waals surface area contributed by atoms with E-state index in [9.17, 15) is 15.0 Å². The first kappa shape index (κ1) is 50.6. The molecule has 52 heavy (non-hydrogen) atoms. The number of amides is 1. The predicted molar refractivity (Wildman–Crippen MR) is 230 cm³/mol. The van der Waals surface area contributed by atoms with E-state index in [0.717, 1.165) is 25.7 Å². The molecule has 0 saturated carbocycles. The Morgan fingerprint density at radius 1 is 0.462 bits per heavy atom. The van der Waals surface area contributed by atoms with E-state index in [0.29, 0.717) is 6.42 Å². The van der Waals surface area contributed by atoms with E-state index in [1.807, 2.05) is 6.08 Å². The van der Waals surface area contributed by atoms with Gasteiger partial charge in [0.15, 0.2) is 0 Å². The first-order valence-corrected chi connectivity index (χ1v) is 23.2. The maximum Gasteiger partial charge on any atom is 0.220 e. The Kier molecular flexibility index (Phi) is 42.8. The Morgan fingerprint density at radius 2 is 0.769 bits per heavy atom. The van der Waals surface area contributed by atoms with Crippen LogP contribution in [0.3, 0.4) is 0 Å². The van der Waals surface area contributed by atoms with Gasteiger partial charge in [-0.1, -0.05) is 230 Å². The highest BCUT2D eigenvalue weighted by molar-refractivity contribution is 5.76. The largest absolute Gasteiger partial charge is 0.394 e. The summed E-state index contributed by atoms with van der Waals surface area (Å²) in [6.45, 7) is 4.29. The third-order valence-corrected chi connectivity index (χ3v) is 10.6. The lowest BCUT2D eigenvalue weighted by molar-refractivity contribution is -0.123. The number of carbonyl (C=O) groups is 1. The van der Waals surface area contributed by atoms with Gasteiger partial charge in [-0.2, -0.15) is 0 Å². The molecule has 2 atom stereocenters. The van der Waals surface area contributed by atoms with Gasteiger partial charge in [-0.25, -0.2) is 0 Å². The molecule has 0 radical (unpaired) electrons. The fourth-order valence-corrected chi connectivity index (χ4v) is 7.05. The van der Waals surface area contributed by atoms with Gasteiger partial charge in [-0.15, -0.1) is 0 Å². The SMILES string of the molecule is CCCCC/C=C\C=C/CCCCCCCCCCCCC(=O)NC(CO)C(O)/C=C/CCCCCCCCCCCCCCCCCCCCC. The molecule has 0 rings (SSSR count). The standard InChI is InChI=1S/C48H91NO3/c1-3-5-7-9-11-13-15-17-19-21-23-24-26-27-29-31-33-35-37-39-41-43-47(51)46(45-50)49-48(52)44-42-40-38-36-34-32-30-28-25-22-20-18-16-14-12-10-8-6-4-2/h12,14,16,18,41,43,46-47,50-51H,3-11,13,15,17,19-40,42,44-45H2,1-2H3,(H,49,52)/b14-12-,18-16-,43-41+. The summed E-state index contributed by atoms with van der Waals surface area (Å²) in [7, 11) is 0. The van der Waals surface area contributed by atoms with Crippen LogP contribution >= 0.6 is 0 Å². The average molecular weight is 730 g/mol. The van der Waals surface area contributed by atoms with Gasteiger partial charge in [0, 0.05) is 6.42 Å². The highest BCUT2D eigenvalue weighted by Gasteiger charge is 2.17. The van der Waals surface area contributed by atoms with E-state index in [4.69, 9.17) is 0 Å². The van der Waals surface area contributed by atoms with Crippen molar-refractivity contribution in [3.8, 4) is 0 Å². The molecule has 0 spiro atoms. The number of hydrogen-bond donors (Lipinski definition) is 3. The van der Waals surface area contributed by atoms with Crippen molar-refractivity contribution in [1.82, 2.24) is 5.32 Å². The van der Waals surface area contributed by atoms with Crippen molar-refractivity contribution in [2.24, 2.45) is 0 Å². The molecule has 4 heteroatoms. The Labute approximate surface area is 325 Å². The van der Waals surface area contributed by atoms with E-state index < -0.39 is 12.1 Å². The fraction of sp³-hybridized carbons (Fsp3) is 0.854. The van der Waals surface area contributed by atoms with Crippen LogP contribution in [-0.2, 0) is 4.79 Å². The Morgan fingerprint density at radius 3 is 1.15 bits per heavy atom. The van der Waals surface area contributed by atoms with Crippen molar-refractivity contribution in [3.63, 3.8) is 0 Å². The van der Waals surface area contributed by atoms with Crippen molar-refractivity contribution in [2.75, 3.05) is 6.61 Å². The molecule has 0 aliphatic heterocycles. The van der Waals surface area contributed by atoms with Gasteiger partial charge in [0.1, 0.15) is 0 Å². The summed E-state index contributed by atoms with van der Waals surface area (Å²) in [6, 6.07) is -0.623. The topological polar surface area (TPSA) is 69.6 Å². The average Bonchev–Trinajstić information content (AvgIpc) is 3.15. The molecule has 1 amide bonds. The monoisotopic (exact) mass is 730 g/mol. The number of allylic oxidation sites excluding steroid dienone is 5. The number of nitrogens with one attached hydrogen (secondary N) is 1. The summed E-state index contributed by atoms with van der Waals surface area (Å²) in [5.41, 5.74) is 0. The van der Waals surface area contributed by atoms with Crippen molar-refractivity contribution >= 4 is 5.91 Å². The van der Waals surface area contributed by atoms with E-state index in [2.05, 4.69) is 43.5 Å². The van der Waals surface area contributed by atoms with Crippen molar-refractivity contribution in [3.05, 3.63) is 36.5 Å². The number of aliphatic hydroxyl groups is 2. The second-order valence-corrected chi connectivity index (χ2v) is 15.9. The molecule has 3 N–H and O–H groups in total. The van der Waals surface area contributed by atoms with Crippen LogP contribution in [-0.4, -0.2) is 34.9 Å². The molecule has 0 aliphatic carbocycles. The van der Waals surface area contributed by atoms with Crippen LogP contribution in [0, 0.1) is 0 Å². The Hall–Kier alpha value is -1.39. The molecule has 0 saturated heterocycles. The molecule has 306 valence electrons. The quantitative estimate of drug-likeness (QED) is 0.0333. The van der Waals surface area contributed by atoms with Gasteiger partial charge >= 0.3 is 0 Å². The van der Waals surface area contributed by atoms with E-state index in [-0.39, 0.29) is 12.5 Å². The number of hydrogen-bond acceptors (Lipinski definition) is 3. The number of aliphatic hydroxyl groups excluding tert-OH is 2. The minimum absolute atomic E-state index is 0.0665. The Bertz CT molecular complexity index is 790. The molecule has 2 unspecified atom stereocenters. The van der Waals surface area contributed by atoms with Crippen LogP contribution in [0.5, 0.6) is 0 Å². The highest BCUT2D eigenvalue weighted by atomic mass is 16.3. The minimum atomic E-state index is -0.840. The molecular formula is C48H91NO3. The fourth-order valence-electron chi connectivity index (χ4n) is 7.05. The second kappa shape index (κ2) is 44.0. The third kappa shape index (κ3) is 39.8. The van der Waals surface area contributed by atoms with Gasteiger partial charge in [-0.3, -0.25) is 4.79 Å². The molecule has 0 bridgehead atoms. The van der Waals surface area contributed by atoms with Gasteiger partial charge in [0.25, 0.3) is 0 Å². The molecule has 0 aromatic rings. The summed E-state index contributed by atoms with van der Waals surface area (Å²) >= 11 is 0. The summed E-state index contributed by atoms with van der Waals surface area (Å²) in [6.07, 6.45) is 58.3. The predicted octanol–water partition coefficient (Wildman–Crippen LogP) is 14.6. The molecule has 0 fully saturated rings. The lowest BCUT2D eigenvalue weighted by Crippen LogP contribution is -2.45. The van der Waals surface area contributed by atoms with Crippen LogP contribution in [0.15, 0.2) is 36.5 Å². The van der Waals surface area contributed by atoms with Gasteiger partial charge in [0.2, 0.25) is 5.91 Å². The van der Waals surface area contributed by atoms with Crippen molar-refractivity contribution in [1.29, 1.82) is 0 Å². The maximum absolute atomic E-state index is 12.4. The highest BCUT2D eigenvalue weighted by Crippen LogP contribution is 2.16. The zero-order valence-corrected chi connectivity index (χ0v) is 35.1. The molecule has 0 aromatic heterocycles. The van der Waals surface area contributed by atoms with E-state index in [1.54, 1.807) is 6.08 Å². The zero-order chi connectivity index (χ0) is 37.8. The number of unbranched alkanes of at least 4 members (excludes halogenated alkanes) is 32. The summed E-state index contributed by atoms with van der Waals surface area (Å²) in [5, 5.41) is 23.1. The van der Waals surface area contributed by atoms with Crippen LogP contribution in [0.2, 0.25) is 0 Å². The van der Waals surface area contributed by atoms with Gasteiger partial charge in [-0.05, 0) is 44.9 Å². The molecule has 0 aromatic carbocycles. The Balaban J connectivity index is 3.55. The van der Waals surface area contributed by atoms with Crippen LogP contribution in [0.4, 0.5) is 0 Å². The normalized spacial score (nSPS) is 13.2. The molecular weight excluding hydrogens is 639 g/mol. The van der Waals surface area contributed by atoms with Gasteiger partial charge in [0.05, 0.1) is 18.8 Å². The minimum Gasteiger partial charge on any atom is -0.394 e. The summed E-state index contributed by atoms with van der Waals surface area (Å²) in [5.74, 6) is -0.0665. The van der Waals surface area contributed by atoms with Crippen LogP contribution < -0.4 is 5.32 Å². The van der Waals surface area contributed by atoms with E-state index in [1.165, 1.54) is 199 Å². The lowest BCUT2D eigenvalue weighted by Gasteiger charge is -2.20. The lowest BCUT2D eigenvalue weighted by atomic mass is 10.0. The molecule has 4 nitrogen and oxygen atoms in total. The van der Waals surface area contributed by atoms with Crippen molar-refractivity contribution < 1.29 is 15.0 Å².